The number of thiazole rings is 1. The van der Waals surface area contributed by atoms with Crippen molar-refractivity contribution in [1.82, 2.24) is 10.3 Å². The van der Waals surface area contributed by atoms with E-state index in [1.54, 1.807) is 11.3 Å². The van der Waals surface area contributed by atoms with Crippen LogP contribution in [0.4, 0.5) is 0 Å². The summed E-state index contributed by atoms with van der Waals surface area (Å²) in [6, 6.07) is 9.15. The normalized spacial score (nSPS) is 13.7. The van der Waals surface area contributed by atoms with E-state index in [1.165, 1.54) is 4.88 Å². The lowest BCUT2D eigenvalue weighted by atomic mass is 10.1. The van der Waals surface area contributed by atoms with Crippen molar-refractivity contribution >= 4 is 17.2 Å². The minimum Gasteiger partial charge on any atom is -0.346 e. The molecule has 2 aromatic rings. The number of hydrogen-bond acceptors (Lipinski definition) is 4. The summed E-state index contributed by atoms with van der Waals surface area (Å²) in [5.74, 6) is -0.139. The van der Waals surface area contributed by atoms with E-state index >= 15 is 0 Å². The van der Waals surface area contributed by atoms with Gasteiger partial charge in [0.05, 0.1) is 12.1 Å². The van der Waals surface area contributed by atoms with Gasteiger partial charge in [-0.2, -0.15) is 0 Å². The summed E-state index contributed by atoms with van der Waals surface area (Å²) >= 11 is 1.63. The fourth-order valence-electron chi connectivity index (χ4n) is 2.03. The van der Waals surface area contributed by atoms with Crippen molar-refractivity contribution in [2.24, 2.45) is 5.73 Å². The maximum atomic E-state index is 12.1. The number of aryl methyl sites for hydroxylation is 1. The van der Waals surface area contributed by atoms with Gasteiger partial charge in [-0.25, -0.2) is 4.98 Å². The lowest BCUT2D eigenvalue weighted by Crippen LogP contribution is -2.42. The number of amides is 1. The van der Waals surface area contributed by atoms with Crippen molar-refractivity contribution in [3.05, 3.63) is 52.0 Å². The summed E-state index contributed by atoms with van der Waals surface area (Å²) in [4.78, 5) is 17.7. The first kappa shape index (κ1) is 15.7. The van der Waals surface area contributed by atoms with E-state index in [1.807, 2.05) is 43.5 Å². The van der Waals surface area contributed by atoms with Crippen molar-refractivity contribution in [1.29, 1.82) is 0 Å². The predicted octanol–water partition coefficient (Wildman–Crippen LogP) is 2.45. The third-order valence-electron chi connectivity index (χ3n) is 3.28. The molecule has 0 aliphatic carbocycles. The van der Waals surface area contributed by atoms with Crippen LogP contribution in [0.15, 0.2) is 36.5 Å². The summed E-state index contributed by atoms with van der Waals surface area (Å²) in [5.41, 5.74) is 7.04. The molecular weight excluding hydrogens is 282 g/mol. The average molecular weight is 303 g/mol. The topological polar surface area (TPSA) is 68.0 Å². The first-order chi connectivity index (χ1) is 10.1. The van der Waals surface area contributed by atoms with E-state index in [-0.39, 0.29) is 11.9 Å². The Morgan fingerprint density at radius 1 is 1.38 bits per heavy atom. The molecule has 0 saturated carbocycles. The van der Waals surface area contributed by atoms with E-state index in [4.69, 9.17) is 5.73 Å². The Labute approximate surface area is 129 Å². The van der Waals surface area contributed by atoms with E-state index < -0.39 is 6.04 Å². The van der Waals surface area contributed by atoms with Crippen LogP contribution in [0, 0.1) is 0 Å². The molecule has 1 aromatic carbocycles. The number of carbonyl (C=O) groups excluding carboxylic acids is 1. The molecule has 0 fully saturated rings. The second-order valence-electron chi connectivity index (χ2n) is 5.04. The smallest absolute Gasteiger partial charge is 0.237 e. The zero-order valence-electron chi connectivity index (χ0n) is 12.4. The van der Waals surface area contributed by atoms with Crippen molar-refractivity contribution in [3.63, 3.8) is 0 Å². The summed E-state index contributed by atoms with van der Waals surface area (Å²) in [6.07, 6.45) is 3.37. The maximum Gasteiger partial charge on any atom is 0.237 e. The summed E-state index contributed by atoms with van der Waals surface area (Å²) in [7, 11) is 0. The van der Waals surface area contributed by atoms with Crippen LogP contribution in [0.25, 0.3) is 0 Å². The Morgan fingerprint density at radius 3 is 2.71 bits per heavy atom. The lowest BCUT2D eigenvalue weighted by molar-refractivity contribution is -0.123. The van der Waals surface area contributed by atoms with Gasteiger partial charge in [-0.3, -0.25) is 4.79 Å². The van der Waals surface area contributed by atoms with E-state index in [0.717, 1.165) is 17.0 Å². The summed E-state index contributed by atoms with van der Waals surface area (Å²) in [5, 5.41) is 3.86. The molecule has 1 heterocycles. The van der Waals surface area contributed by atoms with Gasteiger partial charge < -0.3 is 11.1 Å². The number of nitrogens with two attached hydrogens (primary N) is 1. The van der Waals surface area contributed by atoms with Gasteiger partial charge in [0.2, 0.25) is 5.91 Å². The van der Waals surface area contributed by atoms with Crippen LogP contribution in [0.5, 0.6) is 0 Å². The van der Waals surface area contributed by atoms with Gasteiger partial charge in [-0.05, 0) is 25.3 Å². The minimum absolute atomic E-state index is 0.107. The Kier molecular flexibility index (Phi) is 5.47. The first-order valence-electron chi connectivity index (χ1n) is 7.14. The highest BCUT2D eigenvalue weighted by atomic mass is 32.1. The number of nitrogens with zero attached hydrogens (tertiary/aromatic N) is 1. The van der Waals surface area contributed by atoms with E-state index in [2.05, 4.69) is 17.2 Å². The molecule has 112 valence electrons. The molecule has 0 saturated heterocycles. The Bertz CT molecular complexity index is 582. The Hall–Kier alpha value is -1.72. The highest BCUT2D eigenvalue weighted by molar-refractivity contribution is 7.11. The Balaban J connectivity index is 1.91. The standard InChI is InChI=1S/C16H21N3OS/c1-3-13-10-18-16(21-13)11(2)19-15(20)14(17)9-12-7-5-4-6-8-12/h4-8,10-11,14H,3,9,17H2,1-2H3,(H,19,20)/t11?,14-/m0/s1. The highest BCUT2D eigenvalue weighted by Gasteiger charge is 2.18. The third-order valence-corrected chi connectivity index (χ3v) is 4.61. The molecule has 0 aliphatic rings. The molecule has 1 unspecified atom stereocenters. The fourth-order valence-corrected chi connectivity index (χ4v) is 2.89. The SMILES string of the molecule is CCc1cnc(C(C)NC(=O)[C@@H](N)Cc2ccccc2)s1. The zero-order valence-corrected chi connectivity index (χ0v) is 13.2. The van der Waals surface area contributed by atoms with E-state index in [9.17, 15) is 4.79 Å². The molecular formula is C16H21N3OS. The van der Waals surface area contributed by atoms with Crippen molar-refractivity contribution < 1.29 is 4.79 Å². The lowest BCUT2D eigenvalue weighted by Gasteiger charge is -2.16. The van der Waals surface area contributed by atoms with Crippen LogP contribution in [0.1, 0.15) is 35.3 Å². The molecule has 21 heavy (non-hydrogen) atoms. The second-order valence-corrected chi connectivity index (χ2v) is 6.19. The molecule has 1 amide bonds. The van der Waals surface area contributed by atoms with Gasteiger partial charge in [-0.15, -0.1) is 11.3 Å². The summed E-state index contributed by atoms with van der Waals surface area (Å²) < 4.78 is 0. The molecule has 2 rings (SSSR count). The predicted molar refractivity (Wildman–Crippen MR) is 86.2 cm³/mol. The van der Waals surface area contributed by atoms with Gasteiger partial charge in [-0.1, -0.05) is 37.3 Å². The molecule has 0 radical (unpaired) electrons. The molecule has 1 aromatic heterocycles. The number of hydrogen-bond donors (Lipinski definition) is 2. The number of rotatable bonds is 6. The van der Waals surface area contributed by atoms with Gasteiger partial charge in [0.1, 0.15) is 5.01 Å². The van der Waals surface area contributed by atoms with Crippen LogP contribution in [-0.2, 0) is 17.6 Å². The highest BCUT2D eigenvalue weighted by Crippen LogP contribution is 2.20. The van der Waals surface area contributed by atoms with Crippen LogP contribution in [-0.4, -0.2) is 16.9 Å². The van der Waals surface area contributed by atoms with Gasteiger partial charge in [0, 0.05) is 11.1 Å². The van der Waals surface area contributed by atoms with E-state index in [0.29, 0.717) is 6.42 Å². The molecule has 4 nitrogen and oxygen atoms in total. The first-order valence-corrected chi connectivity index (χ1v) is 7.96. The van der Waals surface area contributed by atoms with Gasteiger partial charge in [0.15, 0.2) is 0 Å². The molecule has 2 atom stereocenters. The Morgan fingerprint density at radius 2 is 2.10 bits per heavy atom. The molecule has 5 heteroatoms. The van der Waals surface area contributed by atoms with Gasteiger partial charge >= 0.3 is 0 Å². The zero-order chi connectivity index (χ0) is 15.2. The largest absolute Gasteiger partial charge is 0.346 e. The van der Waals surface area contributed by atoms with Crippen molar-refractivity contribution in [2.45, 2.75) is 38.8 Å². The van der Waals surface area contributed by atoms with Gasteiger partial charge in [0.25, 0.3) is 0 Å². The molecule has 0 spiro atoms. The van der Waals surface area contributed by atoms with Crippen LogP contribution >= 0.6 is 11.3 Å². The molecule has 3 N–H and O–H groups in total. The fraction of sp³-hybridized carbons (Fsp3) is 0.375. The van der Waals surface area contributed by atoms with Crippen LogP contribution in [0.2, 0.25) is 0 Å². The van der Waals surface area contributed by atoms with Crippen molar-refractivity contribution in [3.8, 4) is 0 Å². The van der Waals surface area contributed by atoms with Crippen LogP contribution < -0.4 is 11.1 Å². The average Bonchev–Trinajstić information content (AvgIpc) is 2.97. The van der Waals surface area contributed by atoms with Crippen molar-refractivity contribution in [2.75, 3.05) is 0 Å². The number of carbonyl (C=O) groups is 1. The summed E-state index contributed by atoms with van der Waals surface area (Å²) in [6.45, 7) is 4.03. The third kappa shape index (κ3) is 4.37. The molecule has 0 bridgehead atoms. The monoisotopic (exact) mass is 303 g/mol. The quantitative estimate of drug-likeness (QED) is 0.861. The minimum atomic E-state index is -0.541. The second kappa shape index (κ2) is 7.33. The van der Waals surface area contributed by atoms with Crippen LogP contribution in [0.3, 0.4) is 0 Å². The number of aromatic nitrogens is 1. The number of nitrogens with one attached hydrogen (secondary N) is 1. The maximum absolute atomic E-state index is 12.1. The molecule has 0 aliphatic heterocycles. The number of benzene rings is 1.